The van der Waals surface area contributed by atoms with Gasteiger partial charge in [-0.05, 0) is 42.0 Å². The summed E-state index contributed by atoms with van der Waals surface area (Å²) in [5, 5.41) is 19.3. The molecule has 2 rings (SSSR count). The maximum Gasteiger partial charge on any atom is 0.377 e. The molecule has 0 spiro atoms. The summed E-state index contributed by atoms with van der Waals surface area (Å²) in [5.74, 6) is 1.03. The molecule has 0 radical (unpaired) electrons. The number of carboxylic acid groups (broad SMARTS) is 1. The molecule has 0 saturated heterocycles. The van der Waals surface area contributed by atoms with Crippen LogP contribution >= 0.6 is 68.3 Å². The van der Waals surface area contributed by atoms with E-state index in [0.29, 0.717) is 24.7 Å². The van der Waals surface area contributed by atoms with Crippen molar-refractivity contribution in [3.05, 3.63) is 54.1 Å². The van der Waals surface area contributed by atoms with Gasteiger partial charge in [-0.3, -0.25) is 0 Å². The maximum atomic E-state index is 12.1. The van der Waals surface area contributed by atoms with Crippen molar-refractivity contribution in [2.45, 2.75) is 23.8 Å². The lowest BCUT2D eigenvalue weighted by Crippen LogP contribution is -2.55. The Labute approximate surface area is 200 Å². The normalized spacial score (nSPS) is 14.0. The lowest BCUT2D eigenvalue weighted by molar-refractivity contribution is -0.594. The van der Waals surface area contributed by atoms with Gasteiger partial charge in [-0.1, -0.05) is 26.0 Å². The molecule has 1 atom stereocenters. The van der Waals surface area contributed by atoms with Crippen LogP contribution in [0.25, 0.3) is 0 Å². The van der Waals surface area contributed by atoms with Crippen LogP contribution in [0.2, 0.25) is 0 Å². The second kappa shape index (κ2) is 9.44. The summed E-state index contributed by atoms with van der Waals surface area (Å²) in [6.07, 6.45) is 0.404. The predicted molar refractivity (Wildman–Crippen MR) is 131 cm³/mol. The smallest absolute Gasteiger partial charge is 0.377 e. The van der Waals surface area contributed by atoms with Crippen LogP contribution in [0.4, 0.5) is 0 Å². The number of aliphatic carboxylic acids is 1. The molecule has 5 nitrogen and oxygen atoms in total. The number of halogens is 3. The summed E-state index contributed by atoms with van der Waals surface area (Å²) in [7, 11) is 0. The zero-order valence-electron chi connectivity index (χ0n) is 14.9. The Morgan fingerprint density at radius 1 is 1.07 bits per heavy atom. The van der Waals surface area contributed by atoms with Gasteiger partial charge >= 0.3 is 5.97 Å². The van der Waals surface area contributed by atoms with Gasteiger partial charge in [0.25, 0.3) is 49.3 Å². The van der Waals surface area contributed by atoms with Gasteiger partial charge in [0.2, 0.25) is 0 Å². The average Bonchev–Trinajstić information content (AvgIpc) is 2.57. The van der Waals surface area contributed by atoms with Crippen LogP contribution in [-0.4, -0.2) is 27.2 Å². The highest BCUT2D eigenvalue weighted by molar-refractivity contribution is 14.2. The lowest BCUT2D eigenvalue weighted by atomic mass is 10.0. The molecule has 0 unspecified atom stereocenters. The Hall–Kier alpha value is -0.340. The van der Waals surface area contributed by atoms with Gasteiger partial charge in [0.05, 0.1) is 6.54 Å². The summed E-state index contributed by atoms with van der Waals surface area (Å²) in [4.78, 5) is 12.1. The summed E-state index contributed by atoms with van der Waals surface area (Å²) < 4.78 is 5.10. The molecule has 0 fully saturated rings. The zero-order valence-corrected chi connectivity index (χ0v) is 21.4. The third-order valence-corrected chi connectivity index (χ3v) is 9.82. The second-order valence-electron chi connectivity index (χ2n) is 6.69. The van der Waals surface area contributed by atoms with Gasteiger partial charge in [0.1, 0.15) is 17.2 Å². The first-order valence-corrected chi connectivity index (χ1v) is 11.3. The number of carbonyl (C=O) groups is 1. The molecule has 2 aromatic rings. The molecular weight excluding hydrogens is 687 g/mol. The fraction of sp³-hybridized carbons (Fsp3) is 0.316. The molecule has 0 saturated carbocycles. The third kappa shape index (κ3) is 6.07. The quantitative estimate of drug-likeness (QED) is 0.150. The highest BCUT2D eigenvalue weighted by Crippen LogP contribution is 2.45. The SMILES string of the molecule is CC(C)C[N+](I)(I)[C@@](I)(Cc1ccc(Oc2ccc(O)cc2)cc1)C(=O)O. The maximum absolute atomic E-state index is 12.1. The molecule has 0 aliphatic rings. The molecule has 0 aromatic heterocycles. The van der Waals surface area contributed by atoms with Gasteiger partial charge in [-0.25, -0.2) is 4.79 Å². The highest BCUT2D eigenvalue weighted by Gasteiger charge is 2.54. The monoisotopic (exact) mass is 708 g/mol. The summed E-state index contributed by atoms with van der Waals surface area (Å²) in [6.45, 7) is 4.94. The Morgan fingerprint density at radius 3 is 2.00 bits per heavy atom. The molecule has 8 heteroatoms. The summed E-state index contributed by atoms with van der Waals surface area (Å²) >= 11 is 6.53. The van der Waals surface area contributed by atoms with Crippen molar-refractivity contribution in [1.82, 2.24) is 0 Å². The minimum Gasteiger partial charge on any atom is -0.508 e. The fourth-order valence-corrected chi connectivity index (χ4v) is 5.50. The van der Waals surface area contributed by atoms with Crippen LogP contribution in [0.15, 0.2) is 48.5 Å². The van der Waals surface area contributed by atoms with Crippen molar-refractivity contribution in [3.8, 4) is 17.2 Å². The number of nitrogens with zero attached hydrogens (tertiary/aromatic N) is 1. The first kappa shape index (κ1) is 22.9. The lowest BCUT2D eigenvalue weighted by Gasteiger charge is -2.37. The largest absolute Gasteiger partial charge is 0.508 e. The van der Waals surface area contributed by atoms with Crippen molar-refractivity contribution in [3.63, 3.8) is 0 Å². The summed E-state index contributed by atoms with van der Waals surface area (Å²) in [6, 6.07) is 14.0. The molecule has 27 heavy (non-hydrogen) atoms. The van der Waals surface area contributed by atoms with E-state index < -0.39 is 9.51 Å². The molecule has 2 N–H and O–H groups in total. The first-order valence-electron chi connectivity index (χ1n) is 8.29. The van der Waals surface area contributed by atoms with Crippen molar-refractivity contribution in [2.24, 2.45) is 5.92 Å². The number of hydrogen-bond donors (Lipinski definition) is 2. The molecule has 0 heterocycles. The fourth-order valence-electron chi connectivity index (χ4n) is 2.53. The predicted octanol–water partition coefficient (Wildman–Crippen LogP) is 6.12. The minimum atomic E-state index is -0.984. The number of rotatable bonds is 8. The topological polar surface area (TPSA) is 66.8 Å². The van der Waals surface area contributed by atoms with Crippen LogP contribution in [-0.2, 0) is 11.2 Å². The van der Waals surface area contributed by atoms with Crippen molar-refractivity contribution < 1.29 is 20.7 Å². The molecule has 0 aliphatic heterocycles. The van der Waals surface area contributed by atoms with Gasteiger partial charge in [-0.15, -0.1) is 0 Å². The van der Waals surface area contributed by atoms with E-state index in [1.54, 1.807) is 24.3 Å². The van der Waals surface area contributed by atoms with Crippen LogP contribution in [0, 0.1) is 5.92 Å². The van der Waals surface area contributed by atoms with Crippen LogP contribution in [0.3, 0.4) is 0 Å². The van der Waals surface area contributed by atoms with Gasteiger partial charge in [-0.2, -0.15) is 0.910 Å². The Bertz CT molecular complexity index is 779. The van der Waals surface area contributed by atoms with Crippen LogP contribution in [0.5, 0.6) is 17.2 Å². The number of alkyl halides is 1. The van der Waals surface area contributed by atoms with Gasteiger partial charge in [0, 0.05) is 34.9 Å². The van der Waals surface area contributed by atoms with E-state index in [9.17, 15) is 15.0 Å². The molecule has 2 aromatic carbocycles. The molecular formula is C19H21I3NO4+. The molecule has 0 bridgehead atoms. The number of quaternary nitrogens is 1. The molecule has 0 aliphatic carbocycles. The van der Waals surface area contributed by atoms with Crippen LogP contribution in [0.1, 0.15) is 19.4 Å². The van der Waals surface area contributed by atoms with E-state index in [1.165, 1.54) is 0 Å². The van der Waals surface area contributed by atoms with E-state index in [2.05, 4.69) is 82.2 Å². The molecule has 0 amide bonds. The van der Waals surface area contributed by atoms with Crippen molar-refractivity contribution >= 4 is 74.3 Å². The molecule has 146 valence electrons. The number of benzene rings is 2. The third-order valence-electron chi connectivity index (χ3n) is 3.87. The number of phenolic OH excluding ortho intramolecular Hbond substituents is 1. The Balaban J connectivity index is 2.17. The van der Waals surface area contributed by atoms with E-state index in [-0.39, 0.29) is 5.75 Å². The number of aromatic hydroxyl groups is 1. The van der Waals surface area contributed by atoms with Crippen molar-refractivity contribution in [1.29, 1.82) is 0 Å². The number of carboxylic acids is 1. The average molecular weight is 708 g/mol. The minimum absolute atomic E-state index is 0.186. The van der Waals surface area contributed by atoms with Crippen molar-refractivity contribution in [2.75, 3.05) is 6.54 Å². The van der Waals surface area contributed by atoms with Gasteiger partial charge < -0.3 is 14.9 Å². The van der Waals surface area contributed by atoms with Crippen LogP contribution < -0.4 is 4.74 Å². The van der Waals surface area contributed by atoms with Gasteiger partial charge in [0.15, 0.2) is 0 Å². The van der Waals surface area contributed by atoms with E-state index >= 15 is 0 Å². The summed E-state index contributed by atoms with van der Waals surface area (Å²) in [5.41, 5.74) is 0.935. The van der Waals surface area contributed by atoms with E-state index in [4.69, 9.17) is 4.74 Å². The Kier molecular flexibility index (Phi) is 8.02. The van der Waals surface area contributed by atoms with E-state index in [0.717, 1.165) is 12.1 Å². The number of ether oxygens (including phenoxy) is 1. The highest BCUT2D eigenvalue weighted by atomic mass is 127. The second-order valence-corrected chi connectivity index (χ2v) is 13.6. The van der Waals surface area contributed by atoms with E-state index in [1.807, 2.05) is 24.3 Å². The zero-order chi connectivity index (χ0) is 20.2. The Morgan fingerprint density at radius 2 is 1.56 bits per heavy atom. The first-order chi connectivity index (χ1) is 12.5. The number of phenols is 1. The number of hydrogen-bond acceptors (Lipinski definition) is 3. The standard InChI is InChI=1S/C19H20I3NO4/c1-13(2)12-23(21,22)19(20,18(25)26)11-14-3-7-16(8-4-14)27-17-9-5-15(24)6-10-17/h3-10,13H,11-12H2,1-2H3,(H-,24,25,26)/p+1/t19-/m0/s1.